The number of aromatic amines is 1. The van der Waals surface area contributed by atoms with Crippen molar-refractivity contribution in [2.45, 2.75) is 19.1 Å². The van der Waals surface area contributed by atoms with Crippen molar-refractivity contribution in [2.24, 2.45) is 0 Å². The van der Waals surface area contributed by atoms with Gasteiger partial charge in [-0.15, -0.1) is 0 Å². The van der Waals surface area contributed by atoms with E-state index >= 15 is 0 Å². The highest BCUT2D eigenvalue weighted by Gasteiger charge is 2.19. The number of carboxylic acid groups (broad SMARTS) is 1. The Morgan fingerprint density at radius 2 is 1.96 bits per heavy atom. The molecule has 3 N–H and O–H groups in total. The number of aryl methyl sites for hydroxylation is 1. The highest BCUT2D eigenvalue weighted by Crippen LogP contribution is 2.18. The minimum absolute atomic E-state index is 0.120. The van der Waals surface area contributed by atoms with Crippen molar-refractivity contribution in [1.82, 2.24) is 4.98 Å². The average Bonchev–Trinajstić information content (AvgIpc) is 2.44. The molecule has 0 fully saturated rings. The maximum atomic E-state index is 12.4. The van der Waals surface area contributed by atoms with Gasteiger partial charge in [0, 0.05) is 9.26 Å². The van der Waals surface area contributed by atoms with Crippen LogP contribution in [0.5, 0.6) is 0 Å². The fourth-order valence-electron chi connectivity index (χ4n) is 2.18. The highest BCUT2D eigenvalue weighted by atomic mass is 127. The van der Waals surface area contributed by atoms with Gasteiger partial charge in [0.2, 0.25) is 10.0 Å². The van der Waals surface area contributed by atoms with Crippen LogP contribution in [-0.4, -0.2) is 24.5 Å². The van der Waals surface area contributed by atoms with Crippen molar-refractivity contribution in [2.75, 3.05) is 4.72 Å². The van der Waals surface area contributed by atoms with Gasteiger partial charge in [0.25, 0.3) is 5.56 Å². The van der Waals surface area contributed by atoms with Crippen LogP contribution in [-0.2, 0) is 27.0 Å². The monoisotopic (exact) mass is 462 g/mol. The lowest BCUT2D eigenvalue weighted by Crippen LogP contribution is -2.24. The largest absolute Gasteiger partial charge is 0.481 e. The first-order chi connectivity index (χ1) is 11.2. The van der Waals surface area contributed by atoms with Crippen molar-refractivity contribution >= 4 is 44.3 Å². The first kappa shape index (κ1) is 18.5. The molecule has 128 valence electrons. The molecule has 0 amide bonds. The van der Waals surface area contributed by atoms with Gasteiger partial charge in [-0.3, -0.25) is 14.3 Å². The zero-order valence-corrected chi connectivity index (χ0v) is 15.6. The predicted octanol–water partition coefficient (Wildman–Crippen LogP) is 1.86. The van der Waals surface area contributed by atoms with E-state index in [4.69, 9.17) is 5.11 Å². The summed E-state index contributed by atoms with van der Waals surface area (Å²) >= 11 is 2.03. The third kappa shape index (κ3) is 4.81. The van der Waals surface area contributed by atoms with E-state index in [-0.39, 0.29) is 17.0 Å². The lowest BCUT2D eigenvalue weighted by atomic mass is 10.1. The second-order valence-corrected chi connectivity index (χ2v) is 8.09. The number of aromatic nitrogens is 1. The molecule has 9 heteroatoms. The number of nitrogens with one attached hydrogen (secondary N) is 2. The summed E-state index contributed by atoms with van der Waals surface area (Å²) in [6.45, 7) is 1.59. The summed E-state index contributed by atoms with van der Waals surface area (Å²) in [4.78, 5) is 25.5. The number of pyridine rings is 1. The van der Waals surface area contributed by atoms with E-state index in [1.807, 2.05) is 22.6 Å². The predicted molar refractivity (Wildman–Crippen MR) is 98.5 cm³/mol. The summed E-state index contributed by atoms with van der Waals surface area (Å²) in [6.07, 6.45) is -0.453. The van der Waals surface area contributed by atoms with E-state index < -0.39 is 28.0 Å². The first-order valence-electron chi connectivity index (χ1n) is 6.86. The molecule has 1 aromatic heterocycles. The number of carboxylic acids is 1. The van der Waals surface area contributed by atoms with Crippen LogP contribution in [0.1, 0.15) is 16.8 Å². The SMILES string of the molecule is Cc1cc(CC(=O)O)c(NS(=O)(=O)Cc2ccccc2I)c(=O)[nH]1. The number of rotatable bonds is 6. The van der Waals surface area contributed by atoms with E-state index in [1.165, 1.54) is 6.07 Å². The van der Waals surface area contributed by atoms with Crippen molar-refractivity contribution in [3.8, 4) is 0 Å². The molecule has 0 atom stereocenters. The van der Waals surface area contributed by atoms with Gasteiger partial charge in [0.15, 0.2) is 0 Å². The normalized spacial score (nSPS) is 11.2. The lowest BCUT2D eigenvalue weighted by Gasteiger charge is -2.12. The smallest absolute Gasteiger partial charge is 0.307 e. The van der Waals surface area contributed by atoms with Crippen molar-refractivity contribution in [3.05, 3.63) is 61.1 Å². The summed E-state index contributed by atoms with van der Waals surface area (Å²) in [5.41, 5.74) is 0.243. The Morgan fingerprint density at radius 1 is 1.29 bits per heavy atom. The van der Waals surface area contributed by atoms with Gasteiger partial charge in [-0.2, -0.15) is 0 Å². The fraction of sp³-hybridized carbons (Fsp3) is 0.200. The fourth-order valence-corrected chi connectivity index (χ4v) is 4.29. The summed E-state index contributed by atoms with van der Waals surface area (Å²) in [5, 5.41) is 8.95. The number of benzene rings is 1. The first-order valence-corrected chi connectivity index (χ1v) is 9.59. The molecule has 0 saturated carbocycles. The summed E-state index contributed by atoms with van der Waals surface area (Å²) in [5.74, 6) is -1.47. The summed E-state index contributed by atoms with van der Waals surface area (Å²) in [7, 11) is -3.87. The van der Waals surface area contributed by atoms with E-state index in [0.29, 0.717) is 11.3 Å². The van der Waals surface area contributed by atoms with Crippen LogP contribution in [0.3, 0.4) is 0 Å². The van der Waals surface area contributed by atoms with Gasteiger partial charge in [-0.25, -0.2) is 8.42 Å². The van der Waals surface area contributed by atoms with Gasteiger partial charge in [0.05, 0.1) is 12.2 Å². The molecule has 0 unspecified atom stereocenters. The Labute approximate surface area is 152 Å². The minimum Gasteiger partial charge on any atom is -0.481 e. The summed E-state index contributed by atoms with van der Waals surface area (Å²) in [6, 6.07) is 8.42. The Morgan fingerprint density at radius 3 is 2.58 bits per heavy atom. The number of halogens is 1. The lowest BCUT2D eigenvalue weighted by molar-refractivity contribution is -0.136. The zero-order chi connectivity index (χ0) is 17.9. The topological polar surface area (TPSA) is 116 Å². The molecule has 0 aliphatic rings. The van der Waals surface area contributed by atoms with E-state index in [1.54, 1.807) is 31.2 Å². The Hall–Kier alpha value is -1.88. The standard InChI is InChI=1S/C15H15IN2O5S/c1-9-6-11(7-13(19)20)14(15(21)17-9)18-24(22,23)8-10-4-2-3-5-12(10)16/h2-6,18H,7-8H2,1H3,(H,17,21)(H,19,20). The molecular formula is C15H15IN2O5S. The number of sulfonamides is 1. The number of H-pyrrole nitrogens is 1. The van der Waals surface area contributed by atoms with Crippen molar-refractivity contribution < 1.29 is 18.3 Å². The van der Waals surface area contributed by atoms with E-state index in [2.05, 4.69) is 9.71 Å². The molecule has 1 heterocycles. The van der Waals surface area contributed by atoms with E-state index in [9.17, 15) is 18.0 Å². The Balaban J connectivity index is 2.37. The molecule has 1 aromatic carbocycles. The quantitative estimate of drug-likeness (QED) is 0.567. The van der Waals surface area contributed by atoms with Crippen molar-refractivity contribution in [1.29, 1.82) is 0 Å². The Bertz CT molecular complexity index is 937. The van der Waals surface area contributed by atoms with Gasteiger partial charge >= 0.3 is 5.97 Å². The van der Waals surface area contributed by atoms with Crippen LogP contribution in [0.25, 0.3) is 0 Å². The van der Waals surface area contributed by atoms with Crippen LogP contribution in [0, 0.1) is 10.5 Å². The number of hydrogen-bond donors (Lipinski definition) is 3. The van der Waals surface area contributed by atoms with Crippen LogP contribution >= 0.6 is 22.6 Å². The molecule has 0 bridgehead atoms. The van der Waals surface area contributed by atoms with Crippen LogP contribution in [0.2, 0.25) is 0 Å². The third-order valence-electron chi connectivity index (χ3n) is 3.15. The maximum absolute atomic E-state index is 12.4. The van der Waals surface area contributed by atoms with Gasteiger partial charge in [-0.1, -0.05) is 18.2 Å². The molecule has 24 heavy (non-hydrogen) atoms. The molecule has 2 aromatic rings. The molecular weight excluding hydrogens is 447 g/mol. The molecule has 7 nitrogen and oxygen atoms in total. The maximum Gasteiger partial charge on any atom is 0.307 e. The van der Waals surface area contributed by atoms with E-state index in [0.717, 1.165) is 3.57 Å². The van der Waals surface area contributed by atoms with Crippen LogP contribution in [0.15, 0.2) is 35.1 Å². The molecule has 0 aliphatic heterocycles. The zero-order valence-electron chi connectivity index (χ0n) is 12.7. The van der Waals surface area contributed by atoms with Crippen molar-refractivity contribution in [3.63, 3.8) is 0 Å². The molecule has 0 radical (unpaired) electrons. The van der Waals surface area contributed by atoms with Gasteiger partial charge in [-0.05, 0) is 52.8 Å². The van der Waals surface area contributed by atoms with Gasteiger partial charge in [0.1, 0.15) is 5.69 Å². The highest BCUT2D eigenvalue weighted by molar-refractivity contribution is 14.1. The van der Waals surface area contributed by atoms with Crippen LogP contribution in [0.4, 0.5) is 5.69 Å². The minimum atomic E-state index is -3.87. The summed E-state index contributed by atoms with van der Waals surface area (Å²) < 4.78 is 27.8. The van der Waals surface area contributed by atoms with Crippen LogP contribution < -0.4 is 10.3 Å². The molecule has 0 spiro atoms. The Kier molecular flexibility index (Phi) is 5.65. The average molecular weight is 462 g/mol. The molecule has 2 rings (SSSR count). The molecule has 0 saturated heterocycles. The second kappa shape index (κ2) is 7.34. The third-order valence-corrected chi connectivity index (χ3v) is 5.41. The number of carbonyl (C=O) groups is 1. The number of aliphatic carboxylic acids is 1. The number of anilines is 1. The second-order valence-electron chi connectivity index (χ2n) is 5.20. The van der Waals surface area contributed by atoms with Gasteiger partial charge < -0.3 is 10.1 Å². The number of hydrogen-bond acceptors (Lipinski definition) is 4. The molecule has 0 aliphatic carbocycles.